The van der Waals surface area contributed by atoms with Gasteiger partial charge in [-0.15, -0.1) is 0 Å². The van der Waals surface area contributed by atoms with Crippen molar-refractivity contribution in [1.82, 2.24) is 0 Å². The van der Waals surface area contributed by atoms with Crippen LogP contribution in [-0.2, 0) is 17.2 Å². The predicted molar refractivity (Wildman–Crippen MR) is 91.9 cm³/mol. The van der Waals surface area contributed by atoms with Crippen molar-refractivity contribution < 1.29 is 17.5 Å². The fourth-order valence-electron chi connectivity index (χ4n) is 2.20. The number of hydrogen-bond acceptors (Lipinski definition) is 4. The van der Waals surface area contributed by atoms with Gasteiger partial charge in [-0.2, -0.15) is 13.0 Å². The number of aryl methyl sites for hydroxylation is 1. The van der Waals surface area contributed by atoms with Gasteiger partial charge in [-0.05, 0) is 24.3 Å². The molecule has 0 radical (unpaired) electrons. The Balaban J connectivity index is 1.91. The van der Waals surface area contributed by atoms with Gasteiger partial charge in [0.2, 0.25) is 5.52 Å². The van der Waals surface area contributed by atoms with Gasteiger partial charge < -0.3 is 5.32 Å². The van der Waals surface area contributed by atoms with E-state index in [0.29, 0.717) is 0 Å². The van der Waals surface area contributed by atoms with Crippen LogP contribution in [0.25, 0.3) is 16.3 Å². The highest BCUT2D eigenvalue weighted by atomic mass is 32.2. The van der Waals surface area contributed by atoms with Gasteiger partial charge >= 0.3 is 0 Å². The monoisotopic (exact) mass is 347 g/mol. The van der Waals surface area contributed by atoms with Crippen LogP contribution in [0.3, 0.4) is 0 Å². The second-order valence-electron chi connectivity index (χ2n) is 4.95. The highest BCUT2D eigenvalue weighted by Gasteiger charge is 2.18. The third-order valence-corrected chi connectivity index (χ3v) is 5.42. The lowest BCUT2D eigenvalue weighted by Gasteiger charge is -1.97. The number of benzene rings is 2. The number of anilines is 1. The molecule has 23 heavy (non-hydrogen) atoms. The molecule has 0 spiro atoms. The van der Waals surface area contributed by atoms with Crippen LogP contribution in [0.2, 0.25) is 0 Å². The number of aromatic nitrogens is 1. The zero-order valence-electron chi connectivity index (χ0n) is 12.3. The number of fused-ring (bicyclic) bond motifs is 1. The summed E-state index contributed by atoms with van der Waals surface area (Å²) >= 11 is 1.54. The van der Waals surface area contributed by atoms with Crippen molar-refractivity contribution in [3.63, 3.8) is 0 Å². The minimum absolute atomic E-state index is 0.101. The predicted octanol–water partition coefficient (Wildman–Crippen LogP) is 3.06. The van der Waals surface area contributed by atoms with E-state index in [0.717, 1.165) is 20.9 Å². The maximum Gasteiger partial charge on any atom is 0.294 e. The molecule has 2 aromatic carbocycles. The van der Waals surface area contributed by atoms with Crippen LogP contribution in [0.5, 0.6) is 0 Å². The molecule has 1 heterocycles. The lowest BCUT2D eigenvalue weighted by Crippen LogP contribution is -2.29. The van der Waals surface area contributed by atoms with E-state index in [2.05, 4.69) is 5.32 Å². The van der Waals surface area contributed by atoms with E-state index in [9.17, 15) is 8.42 Å². The topological polar surface area (TPSA) is 70.3 Å². The zero-order chi connectivity index (χ0) is 16.4. The lowest BCUT2D eigenvalue weighted by molar-refractivity contribution is -0.642. The Morgan fingerprint density at radius 2 is 1.91 bits per heavy atom. The molecule has 0 fully saturated rings. The molecule has 0 atom stereocenters. The summed E-state index contributed by atoms with van der Waals surface area (Å²) in [6.45, 7) is 0. The summed E-state index contributed by atoms with van der Waals surface area (Å²) in [6, 6.07) is 14.4. The molecule has 0 aliphatic rings. The van der Waals surface area contributed by atoms with Gasteiger partial charge in [0.15, 0.2) is 0 Å². The molecule has 3 rings (SSSR count). The van der Waals surface area contributed by atoms with Gasteiger partial charge in [-0.25, -0.2) is 0 Å². The van der Waals surface area contributed by atoms with Crippen molar-refractivity contribution in [2.24, 2.45) is 7.05 Å². The second kappa shape index (κ2) is 6.11. The molecule has 0 amide bonds. The molecular weight excluding hydrogens is 332 g/mol. The van der Waals surface area contributed by atoms with Gasteiger partial charge in [0, 0.05) is 24.0 Å². The minimum atomic E-state index is -4.19. The molecule has 2 N–H and O–H groups in total. The molecule has 0 bridgehead atoms. The average molecular weight is 347 g/mol. The third kappa shape index (κ3) is 3.42. The summed E-state index contributed by atoms with van der Waals surface area (Å²) in [6.07, 6.45) is 3.76. The van der Waals surface area contributed by atoms with Crippen LogP contribution in [0, 0.1) is 0 Å². The first-order valence-electron chi connectivity index (χ1n) is 6.83. The largest absolute Gasteiger partial charge is 0.361 e. The maximum absolute atomic E-state index is 11.2. The van der Waals surface area contributed by atoms with Gasteiger partial charge in [-0.1, -0.05) is 29.5 Å². The first-order valence-corrected chi connectivity index (χ1v) is 9.09. The van der Waals surface area contributed by atoms with Crippen molar-refractivity contribution >= 4 is 43.4 Å². The number of para-hydroxylation sites is 1. The number of rotatable bonds is 4. The average Bonchev–Trinajstić information content (AvgIpc) is 2.84. The number of thiazole rings is 1. The Labute approximate surface area is 138 Å². The highest BCUT2D eigenvalue weighted by Crippen LogP contribution is 2.24. The Kier molecular flexibility index (Phi) is 4.16. The van der Waals surface area contributed by atoms with Gasteiger partial charge in [0.05, 0.1) is 0 Å². The highest BCUT2D eigenvalue weighted by molar-refractivity contribution is 7.85. The van der Waals surface area contributed by atoms with E-state index in [1.54, 1.807) is 6.07 Å². The summed E-state index contributed by atoms with van der Waals surface area (Å²) in [7, 11) is -2.34. The van der Waals surface area contributed by atoms with Crippen LogP contribution in [0.15, 0.2) is 59.6 Å². The molecule has 3 aromatic rings. The summed E-state index contributed by atoms with van der Waals surface area (Å²) in [5, 5.41) is 4.13. The molecule has 5 nitrogen and oxygen atoms in total. The lowest BCUT2D eigenvalue weighted by atomic mass is 10.3. The quantitative estimate of drug-likeness (QED) is 0.562. The van der Waals surface area contributed by atoms with Crippen LogP contribution in [0.1, 0.15) is 5.01 Å². The van der Waals surface area contributed by atoms with Crippen molar-refractivity contribution in [2.45, 2.75) is 4.90 Å². The fourth-order valence-corrected chi connectivity index (χ4v) is 3.73. The minimum Gasteiger partial charge on any atom is -0.361 e. The zero-order valence-corrected chi connectivity index (χ0v) is 13.9. The van der Waals surface area contributed by atoms with Crippen molar-refractivity contribution in [2.75, 3.05) is 5.32 Å². The smallest absolute Gasteiger partial charge is 0.294 e. The number of hydrogen-bond donors (Lipinski definition) is 2. The van der Waals surface area contributed by atoms with Crippen LogP contribution < -0.4 is 9.88 Å². The fraction of sp³-hybridized carbons (Fsp3) is 0.0625. The van der Waals surface area contributed by atoms with Crippen molar-refractivity contribution in [1.29, 1.82) is 0 Å². The summed E-state index contributed by atoms with van der Waals surface area (Å²) in [5.74, 6) is 0. The Morgan fingerprint density at radius 3 is 2.61 bits per heavy atom. The number of nitrogens with zero attached hydrogens (tertiary/aromatic N) is 1. The Bertz CT molecular complexity index is 977. The number of nitrogens with one attached hydrogen (secondary N) is 1. The van der Waals surface area contributed by atoms with Crippen molar-refractivity contribution in [3.8, 4) is 0 Å². The molecule has 0 aliphatic carbocycles. The van der Waals surface area contributed by atoms with E-state index < -0.39 is 10.1 Å². The maximum atomic E-state index is 11.2. The van der Waals surface area contributed by atoms with Crippen molar-refractivity contribution in [3.05, 3.63) is 59.7 Å². The molecule has 7 heteroatoms. The van der Waals surface area contributed by atoms with Gasteiger partial charge in [0.25, 0.3) is 15.1 Å². The van der Waals surface area contributed by atoms with Crippen LogP contribution >= 0.6 is 11.3 Å². The molecule has 0 unspecified atom stereocenters. The standard InChI is InChI=1S/C16H14N2O3S2/c1-18-14-11-13(23(19,20)21)7-8-15(14)22-16(18)9-10-17-12-5-3-2-4-6-12/h2-11H,1H3,(H,19,20,21)/p+1. The van der Waals surface area contributed by atoms with Crippen LogP contribution in [0.4, 0.5) is 5.69 Å². The van der Waals surface area contributed by atoms with E-state index >= 15 is 0 Å². The Morgan fingerprint density at radius 1 is 1.17 bits per heavy atom. The molecule has 0 aliphatic heterocycles. The first kappa shape index (κ1) is 15.7. The molecule has 1 aromatic heterocycles. The normalized spacial score (nSPS) is 12.1. The SMILES string of the molecule is C[n+]1c(/C=C/Nc2ccccc2)sc2ccc(S(=O)(=O)O)cc21. The van der Waals surface area contributed by atoms with Crippen LogP contribution in [-0.4, -0.2) is 13.0 Å². The van der Waals surface area contributed by atoms with E-state index in [1.807, 2.05) is 54.2 Å². The first-order chi connectivity index (χ1) is 10.9. The van der Waals surface area contributed by atoms with E-state index in [4.69, 9.17) is 4.55 Å². The molecule has 0 saturated carbocycles. The summed E-state index contributed by atoms with van der Waals surface area (Å²) in [4.78, 5) is -0.101. The van der Waals surface area contributed by atoms with Gasteiger partial charge in [0.1, 0.15) is 16.6 Å². The summed E-state index contributed by atoms with van der Waals surface area (Å²) < 4.78 is 34.5. The van der Waals surface area contributed by atoms with Gasteiger partial charge in [-0.3, -0.25) is 4.55 Å². The molecule has 0 saturated heterocycles. The second-order valence-corrected chi connectivity index (χ2v) is 7.43. The van der Waals surface area contributed by atoms with E-state index in [1.165, 1.54) is 23.5 Å². The summed E-state index contributed by atoms with van der Waals surface area (Å²) in [5.41, 5.74) is 1.74. The van der Waals surface area contributed by atoms with E-state index in [-0.39, 0.29) is 4.90 Å². The Hall–Kier alpha value is -2.22. The molecular formula is C16H15N2O3S2+. The molecule has 118 valence electrons. The third-order valence-electron chi connectivity index (χ3n) is 3.38.